The van der Waals surface area contributed by atoms with Crippen molar-refractivity contribution in [2.45, 2.75) is 12.5 Å². The van der Waals surface area contributed by atoms with Crippen molar-refractivity contribution >= 4 is 17.4 Å². The first-order valence-electron chi connectivity index (χ1n) is 4.49. The third-order valence-corrected chi connectivity index (χ3v) is 2.13. The Balaban J connectivity index is 2.00. The zero-order valence-corrected chi connectivity index (χ0v) is 7.66. The van der Waals surface area contributed by atoms with Gasteiger partial charge >= 0.3 is 0 Å². The average Bonchev–Trinajstić information content (AvgIpc) is 2.51. The number of nitrogens with two attached hydrogens (primary N) is 1. The third-order valence-electron chi connectivity index (χ3n) is 2.13. The molecular weight excluding hydrogens is 180 g/mol. The summed E-state index contributed by atoms with van der Waals surface area (Å²) >= 11 is 0. The number of nitrogen functional groups attached to an aromatic ring is 1. The second kappa shape index (κ2) is 3.53. The molecule has 1 aliphatic heterocycles. The maximum absolute atomic E-state index is 10.9. The normalized spacial score (nSPS) is 20.6. The number of aromatic nitrogens is 1. The summed E-state index contributed by atoms with van der Waals surface area (Å²) in [6.07, 6.45) is 2.16. The lowest BCUT2D eigenvalue weighted by Crippen LogP contribution is -2.22. The standard InChI is InChI=1S/C9H12N4O/c10-8-3-6(1-2-11-8)13-7-4-9(14)12-5-7/h1-3,7H,4-5H2,(H,12,14)(H3,10,11,13). The quantitative estimate of drug-likeness (QED) is 0.614. The van der Waals surface area contributed by atoms with Gasteiger partial charge in [-0.15, -0.1) is 0 Å². The van der Waals surface area contributed by atoms with Gasteiger partial charge in [0, 0.05) is 30.9 Å². The molecule has 1 aromatic heterocycles. The summed E-state index contributed by atoms with van der Waals surface area (Å²) in [5.74, 6) is 0.566. The molecular formula is C9H12N4O. The minimum atomic E-state index is 0.0875. The van der Waals surface area contributed by atoms with Crippen molar-refractivity contribution in [1.29, 1.82) is 0 Å². The van der Waals surface area contributed by atoms with Gasteiger partial charge in [0.25, 0.3) is 0 Å². The van der Waals surface area contributed by atoms with Crippen molar-refractivity contribution in [3.8, 4) is 0 Å². The summed E-state index contributed by atoms with van der Waals surface area (Å²) in [7, 11) is 0. The van der Waals surface area contributed by atoms with E-state index in [4.69, 9.17) is 5.73 Å². The molecule has 0 bridgehead atoms. The third kappa shape index (κ3) is 1.93. The molecule has 2 heterocycles. The maximum atomic E-state index is 10.9. The summed E-state index contributed by atoms with van der Waals surface area (Å²) in [4.78, 5) is 14.8. The molecule has 0 radical (unpaired) electrons. The molecule has 1 aromatic rings. The molecule has 1 saturated heterocycles. The summed E-state index contributed by atoms with van der Waals surface area (Å²) < 4.78 is 0. The lowest BCUT2D eigenvalue weighted by molar-refractivity contribution is -0.119. The fraction of sp³-hybridized carbons (Fsp3) is 0.333. The van der Waals surface area contributed by atoms with Crippen molar-refractivity contribution in [2.24, 2.45) is 0 Å². The summed E-state index contributed by atoms with van der Waals surface area (Å²) in [6, 6.07) is 3.74. The van der Waals surface area contributed by atoms with Gasteiger partial charge < -0.3 is 16.4 Å². The Hall–Kier alpha value is -1.78. The maximum Gasteiger partial charge on any atom is 0.222 e. The topological polar surface area (TPSA) is 80.0 Å². The molecule has 0 aromatic carbocycles. The van der Waals surface area contributed by atoms with Crippen LogP contribution in [0.2, 0.25) is 0 Å². The lowest BCUT2D eigenvalue weighted by Gasteiger charge is -2.11. The fourth-order valence-electron chi connectivity index (χ4n) is 1.48. The highest BCUT2D eigenvalue weighted by Gasteiger charge is 2.20. The number of rotatable bonds is 2. The zero-order valence-electron chi connectivity index (χ0n) is 7.66. The van der Waals surface area contributed by atoms with Gasteiger partial charge in [-0.25, -0.2) is 4.98 Å². The number of amides is 1. The number of hydrogen-bond acceptors (Lipinski definition) is 4. The van der Waals surface area contributed by atoms with Gasteiger partial charge in [0.1, 0.15) is 5.82 Å². The molecule has 1 atom stereocenters. The van der Waals surface area contributed by atoms with Crippen molar-refractivity contribution in [3.05, 3.63) is 18.3 Å². The van der Waals surface area contributed by atoms with E-state index in [1.165, 1.54) is 0 Å². The minimum absolute atomic E-state index is 0.0875. The van der Waals surface area contributed by atoms with Crippen molar-refractivity contribution in [1.82, 2.24) is 10.3 Å². The van der Waals surface area contributed by atoms with E-state index in [0.717, 1.165) is 5.69 Å². The van der Waals surface area contributed by atoms with Crippen LogP contribution in [0.25, 0.3) is 0 Å². The Morgan fingerprint density at radius 1 is 1.64 bits per heavy atom. The van der Waals surface area contributed by atoms with Crippen molar-refractivity contribution < 1.29 is 4.79 Å². The van der Waals surface area contributed by atoms with Crippen LogP contribution in [0.5, 0.6) is 0 Å². The molecule has 0 saturated carbocycles. The summed E-state index contributed by atoms with van der Waals surface area (Å²) in [6.45, 7) is 0.668. The molecule has 5 nitrogen and oxygen atoms in total. The summed E-state index contributed by atoms with van der Waals surface area (Å²) in [5, 5.41) is 5.96. The van der Waals surface area contributed by atoms with Gasteiger partial charge in [-0.2, -0.15) is 0 Å². The number of nitrogens with one attached hydrogen (secondary N) is 2. The Morgan fingerprint density at radius 2 is 2.50 bits per heavy atom. The van der Waals surface area contributed by atoms with Gasteiger partial charge in [-0.1, -0.05) is 0 Å². The minimum Gasteiger partial charge on any atom is -0.384 e. The molecule has 1 fully saturated rings. The molecule has 1 amide bonds. The van der Waals surface area contributed by atoms with E-state index >= 15 is 0 Å². The van der Waals surface area contributed by atoms with Crippen LogP contribution in [0.15, 0.2) is 18.3 Å². The van der Waals surface area contributed by atoms with Gasteiger partial charge in [-0.05, 0) is 6.07 Å². The molecule has 74 valence electrons. The Morgan fingerprint density at radius 3 is 3.14 bits per heavy atom. The highest BCUT2D eigenvalue weighted by atomic mass is 16.1. The number of pyridine rings is 1. The average molecular weight is 192 g/mol. The number of carbonyl (C=O) groups excluding carboxylic acids is 1. The highest BCUT2D eigenvalue weighted by molar-refractivity contribution is 5.79. The molecule has 14 heavy (non-hydrogen) atoms. The molecule has 4 N–H and O–H groups in total. The second-order valence-electron chi connectivity index (χ2n) is 3.32. The van der Waals surface area contributed by atoms with E-state index in [9.17, 15) is 4.79 Å². The lowest BCUT2D eigenvalue weighted by atomic mass is 10.2. The second-order valence-corrected chi connectivity index (χ2v) is 3.32. The number of hydrogen-bond donors (Lipinski definition) is 3. The van der Waals surface area contributed by atoms with Crippen LogP contribution >= 0.6 is 0 Å². The van der Waals surface area contributed by atoms with Crippen LogP contribution in [-0.4, -0.2) is 23.5 Å². The van der Waals surface area contributed by atoms with E-state index in [1.54, 1.807) is 12.3 Å². The van der Waals surface area contributed by atoms with Crippen molar-refractivity contribution in [3.63, 3.8) is 0 Å². The molecule has 0 spiro atoms. The largest absolute Gasteiger partial charge is 0.384 e. The summed E-state index contributed by atoms with van der Waals surface area (Å²) in [5.41, 5.74) is 6.43. The zero-order chi connectivity index (χ0) is 9.97. The SMILES string of the molecule is Nc1cc(NC2CNC(=O)C2)ccn1. The van der Waals surface area contributed by atoms with Gasteiger partial charge in [0.2, 0.25) is 5.91 Å². The van der Waals surface area contributed by atoms with E-state index < -0.39 is 0 Å². The van der Waals surface area contributed by atoms with Crippen LogP contribution in [0.4, 0.5) is 11.5 Å². The molecule has 1 unspecified atom stereocenters. The first-order valence-corrected chi connectivity index (χ1v) is 4.49. The predicted octanol–water partition coefficient (Wildman–Crippen LogP) is -0.0358. The molecule has 0 aliphatic carbocycles. The van der Waals surface area contributed by atoms with E-state index in [0.29, 0.717) is 18.8 Å². The molecule has 5 heteroatoms. The molecule has 1 aliphatic rings. The van der Waals surface area contributed by atoms with Gasteiger partial charge in [-0.3, -0.25) is 4.79 Å². The smallest absolute Gasteiger partial charge is 0.222 e. The highest BCUT2D eigenvalue weighted by Crippen LogP contribution is 2.13. The molecule has 2 rings (SSSR count). The van der Waals surface area contributed by atoms with E-state index in [1.807, 2.05) is 6.07 Å². The number of carbonyl (C=O) groups is 1. The first kappa shape index (κ1) is 8.80. The number of anilines is 2. The number of nitrogens with zero attached hydrogens (tertiary/aromatic N) is 1. The van der Waals surface area contributed by atoms with E-state index in [2.05, 4.69) is 15.6 Å². The van der Waals surface area contributed by atoms with Crippen LogP contribution in [0.3, 0.4) is 0 Å². The Labute approximate surface area is 81.7 Å². The van der Waals surface area contributed by atoms with Crippen LogP contribution < -0.4 is 16.4 Å². The predicted molar refractivity (Wildman–Crippen MR) is 53.7 cm³/mol. The van der Waals surface area contributed by atoms with Gasteiger partial charge in [0.05, 0.1) is 6.04 Å². The van der Waals surface area contributed by atoms with Crippen molar-refractivity contribution in [2.75, 3.05) is 17.6 Å². The first-order chi connectivity index (χ1) is 6.74. The Bertz CT molecular complexity index is 352. The Kier molecular flexibility index (Phi) is 2.22. The monoisotopic (exact) mass is 192 g/mol. The van der Waals surface area contributed by atoms with Gasteiger partial charge in [0.15, 0.2) is 0 Å². The van der Waals surface area contributed by atoms with Crippen LogP contribution in [0, 0.1) is 0 Å². The fourth-order valence-corrected chi connectivity index (χ4v) is 1.48. The van der Waals surface area contributed by atoms with Crippen LogP contribution in [-0.2, 0) is 4.79 Å². The van der Waals surface area contributed by atoms with Crippen LogP contribution in [0.1, 0.15) is 6.42 Å². The van der Waals surface area contributed by atoms with E-state index in [-0.39, 0.29) is 11.9 Å².